The van der Waals surface area contributed by atoms with Crippen molar-refractivity contribution >= 4 is 23.4 Å². The van der Waals surface area contributed by atoms with Gasteiger partial charge in [0.15, 0.2) is 0 Å². The number of ether oxygens (including phenoxy) is 2. The number of carbonyl (C=O) groups excluding carboxylic acids is 1. The van der Waals surface area contributed by atoms with Crippen LogP contribution in [0.25, 0.3) is 0 Å². The number of anilines is 1. The third kappa shape index (κ3) is 3.67. The lowest BCUT2D eigenvalue weighted by molar-refractivity contribution is -0.0211. The molecule has 5 nitrogen and oxygen atoms in total. The molecule has 0 saturated carbocycles. The fraction of sp³-hybridized carbons (Fsp3) is 0.533. The molecule has 1 aromatic rings. The van der Waals surface area contributed by atoms with Crippen molar-refractivity contribution in [2.75, 3.05) is 25.0 Å². The van der Waals surface area contributed by atoms with Gasteiger partial charge in [-0.05, 0) is 44.1 Å². The minimum Gasteiger partial charge on any atom is -0.443 e. The summed E-state index contributed by atoms with van der Waals surface area (Å²) in [4.78, 5) is 11.9. The third-order valence-electron chi connectivity index (χ3n) is 4.03. The van der Waals surface area contributed by atoms with Crippen LogP contribution in [-0.2, 0) is 9.47 Å². The molecule has 1 spiro atoms. The van der Waals surface area contributed by atoms with Crippen molar-refractivity contribution < 1.29 is 14.3 Å². The fourth-order valence-electron chi connectivity index (χ4n) is 2.97. The van der Waals surface area contributed by atoms with E-state index in [-0.39, 0.29) is 11.7 Å². The molecule has 6 heteroatoms. The molecule has 2 saturated heterocycles. The Kier molecular flexibility index (Phi) is 4.33. The van der Waals surface area contributed by atoms with Crippen LogP contribution in [0.15, 0.2) is 24.3 Å². The number of benzene rings is 1. The van der Waals surface area contributed by atoms with E-state index < -0.39 is 6.09 Å². The molecule has 1 unspecified atom stereocenters. The van der Waals surface area contributed by atoms with Crippen molar-refractivity contribution in [3.05, 3.63) is 29.3 Å². The van der Waals surface area contributed by atoms with Crippen molar-refractivity contribution in [3.8, 4) is 0 Å². The Morgan fingerprint density at radius 3 is 3.00 bits per heavy atom. The molecule has 2 fully saturated rings. The number of carbonyl (C=O) groups is 1. The maximum Gasteiger partial charge on any atom is 0.411 e. The van der Waals surface area contributed by atoms with Crippen LogP contribution >= 0.6 is 11.6 Å². The SMILES string of the molecule is O=C(Nc1cccc(Cl)c1)OC1COC2(CCNCC2)C1. The first-order valence-corrected chi connectivity index (χ1v) is 7.61. The van der Waals surface area contributed by atoms with Gasteiger partial charge < -0.3 is 14.8 Å². The lowest BCUT2D eigenvalue weighted by atomic mass is 9.89. The Balaban J connectivity index is 1.51. The zero-order valence-electron chi connectivity index (χ0n) is 11.7. The summed E-state index contributed by atoms with van der Waals surface area (Å²) < 4.78 is 11.3. The fourth-order valence-corrected chi connectivity index (χ4v) is 3.16. The lowest BCUT2D eigenvalue weighted by Crippen LogP contribution is -2.41. The highest BCUT2D eigenvalue weighted by atomic mass is 35.5. The number of nitrogens with one attached hydrogen (secondary N) is 2. The lowest BCUT2D eigenvalue weighted by Gasteiger charge is -2.32. The number of amides is 1. The molecular formula is C15H19ClN2O3. The smallest absolute Gasteiger partial charge is 0.411 e. The highest BCUT2D eigenvalue weighted by Crippen LogP contribution is 2.35. The Labute approximate surface area is 128 Å². The monoisotopic (exact) mass is 310 g/mol. The van der Waals surface area contributed by atoms with Gasteiger partial charge in [-0.25, -0.2) is 4.79 Å². The first-order valence-electron chi connectivity index (χ1n) is 7.23. The summed E-state index contributed by atoms with van der Waals surface area (Å²) in [6.45, 7) is 2.39. The van der Waals surface area contributed by atoms with Crippen molar-refractivity contribution in [1.82, 2.24) is 5.32 Å². The summed E-state index contributed by atoms with van der Waals surface area (Å²) in [5, 5.41) is 6.58. The standard InChI is InChI=1S/C15H19ClN2O3/c16-11-2-1-3-12(8-11)18-14(19)21-13-9-15(20-10-13)4-6-17-7-5-15/h1-3,8,13,17H,4-7,9-10H2,(H,18,19). The van der Waals surface area contributed by atoms with E-state index in [0.717, 1.165) is 32.4 Å². The second-order valence-corrected chi connectivity index (χ2v) is 6.05. The van der Waals surface area contributed by atoms with Gasteiger partial charge in [-0.1, -0.05) is 17.7 Å². The quantitative estimate of drug-likeness (QED) is 0.882. The third-order valence-corrected chi connectivity index (χ3v) is 4.27. The molecule has 0 bridgehead atoms. The largest absolute Gasteiger partial charge is 0.443 e. The second kappa shape index (κ2) is 6.22. The van der Waals surface area contributed by atoms with Crippen molar-refractivity contribution in [1.29, 1.82) is 0 Å². The van der Waals surface area contributed by atoms with E-state index in [1.54, 1.807) is 24.3 Å². The molecule has 114 valence electrons. The molecular weight excluding hydrogens is 292 g/mol. The van der Waals surface area contributed by atoms with E-state index in [9.17, 15) is 4.79 Å². The molecule has 3 rings (SSSR count). The molecule has 0 aliphatic carbocycles. The van der Waals surface area contributed by atoms with Gasteiger partial charge in [0.1, 0.15) is 6.10 Å². The van der Waals surface area contributed by atoms with Gasteiger partial charge in [-0.3, -0.25) is 5.32 Å². The average Bonchev–Trinajstić information content (AvgIpc) is 2.82. The Morgan fingerprint density at radius 2 is 2.24 bits per heavy atom. The Hall–Kier alpha value is -1.30. The summed E-state index contributed by atoms with van der Waals surface area (Å²) in [5.74, 6) is 0. The van der Waals surface area contributed by atoms with Crippen LogP contribution in [0.4, 0.5) is 10.5 Å². The first kappa shape index (κ1) is 14.6. The highest BCUT2D eigenvalue weighted by Gasteiger charge is 2.42. The maximum absolute atomic E-state index is 11.9. The number of hydrogen-bond acceptors (Lipinski definition) is 4. The number of piperidine rings is 1. The van der Waals surface area contributed by atoms with Crippen LogP contribution in [0.5, 0.6) is 0 Å². The van der Waals surface area contributed by atoms with Crippen LogP contribution in [-0.4, -0.2) is 37.5 Å². The molecule has 0 aromatic heterocycles. The zero-order valence-corrected chi connectivity index (χ0v) is 12.5. The molecule has 1 amide bonds. The molecule has 2 aliphatic heterocycles. The predicted molar refractivity (Wildman–Crippen MR) is 80.7 cm³/mol. The molecule has 1 aromatic carbocycles. The minimum absolute atomic E-state index is 0.105. The number of rotatable bonds is 2. The van der Waals surface area contributed by atoms with Crippen LogP contribution in [0.3, 0.4) is 0 Å². The van der Waals surface area contributed by atoms with E-state index in [2.05, 4.69) is 10.6 Å². The van der Waals surface area contributed by atoms with Gasteiger partial charge in [0.05, 0.1) is 12.2 Å². The van der Waals surface area contributed by atoms with E-state index >= 15 is 0 Å². The highest BCUT2D eigenvalue weighted by molar-refractivity contribution is 6.30. The molecule has 2 heterocycles. The number of halogens is 1. The van der Waals surface area contributed by atoms with Crippen molar-refractivity contribution in [2.24, 2.45) is 0 Å². The molecule has 2 N–H and O–H groups in total. The van der Waals surface area contributed by atoms with E-state index in [0.29, 0.717) is 17.3 Å². The average molecular weight is 311 g/mol. The Morgan fingerprint density at radius 1 is 1.43 bits per heavy atom. The zero-order chi connectivity index (χ0) is 14.7. The van der Waals surface area contributed by atoms with Crippen molar-refractivity contribution in [2.45, 2.75) is 31.0 Å². The van der Waals surface area contributed by atoms with E-state index in [1.165, 1.54) is 0 Å². The van der Waals surface area contributed by atoms with Gasteiger partial charge in [0, 0.05) is 17.1 Å². The van der Waals surface area contributed by atoms with Gasteiger partial charge in [-0.2, -0.15) is 0 Å². The van der Waals surface area contributed by atoms with Gasteiger partial charge in [-0.15, -0.1) is 0 Å². The normalized spacial score (nSPS) is 24.0. The summed E-state index contributed by atoms with van der Waals surface area (Å²) in [7, 11) is 0. The molecule has 2 aliphatic rings. The Bertz CT molecular complexity index is 517. The first-order chi connectivity index (χ1) is 10.2. The molecule has 1 atom stereocenters. The summed E-state index contributed by atoms with van der Waals surface area (Å²) in [5.41, 5.74) is 0.523. The second-order valence-electron chi connectivity index (χ2n) is 5.61. The van der Waals surface area contributed by atoms with Crippen LogP contribution in [0.2, 0.25) is 5.02 Å². The van der Waals surface area contributed by atoms with Gasteiger partial charge in [0.25, 0.3) is 0 Å². The number of hydrogen-bond donors (Lipinski definition) is 2. The van der Waals surface area contributed by atoms with Crippen LogP contribution in [0.1, 0.15) is 19.3 Å². The van der Waals surface area contributed by atoms with Gasteiger partial charge >= 0.3 is 6.09 Å². The van der Waals surface area contributed by atoms with Crippen molar-refractivity contribution in [3.63, 3.8) is 0 Å². The van der Waals surface area contributed by atoms with Gasteiger partial charge in [0.2, 0.25) is 0 Å². The minimum atomic E-state index is -0.461. The maximum atomic E-state index is 11.9. The summed E-state index contributed by atoms with van der Waals surface area (Å²) >= 11 is 5.88. The molecule has 0 radical (unpaired) electrons. The van der Waals surface area contributed by atoms with Crippen LogP contribution < -0.4 is 10.6 Å². The summed E-state index contributed by atoms with van der Waals surface area (Å²) in [6.07, 6.45) is 2.09. The van der Waals surface area contributed by atoms with E-state index in [4.69, 9.17) is 21.1 Å². The predicted octanol–water partition coefficient (Wildman–Crippen LogP) is 2.80. The van der Waals surface area contributed by atoms with E-state index in [1.807, 2.05) is 0 Å². The summed E-state index contributed by atoms with van der Waals surface area (Å²) in [6, 6.07) is 6.99. The molecule has 21 heavy (non-hydrogen) atoms. The topological polar surface area (TPSA) is 59.6 Å². The van der Waals surface area contributed by atoms with Crippen LogP contribution in [0, 0.1) is 0 Å².